The molecule has 6 N–H and O–H groups in total. The molecular formula is C33H37F4N5O. The highest BCUT2D eigenvalue weighted by Gasteiger charge is 2.45. The molecule has 0 aromatic heterocycles. The van der Waals surface area contributed by atoms with Crippen molar-refractivity contribution in [2.24, 2.45) is 17.4 Å². The number of carbonyl (C=O) groups excluding carboxylic acids is 1. The molecule has 0 saturated heterocycles. The van der Waals surface area contributed by atoms with Crippen molar-refractivity contribution >= 4 is 17.3 Å². The van der Waals surface area contributed by atoms with E-state index in [0.717, 1.165) is 54.3 Å². The van der Waals surface area contributed by atoms with E-state index in [2.05, 4.69) is 22.9 Å². The Morgan fingerprint density at radius 2 is 1.93 bits per heavy atom. The third-order valence-corrected chi connectivity index (χ3v) is 8.19. The van der Waals surface area contributed by atoms with Crippen LogP contribution in [0.5, 0.6) is 0 Å². The Hall–Kier alpha value is -3.73. The van der Waals surface area contributed by atoms with Crippen LogP contribution in [-0.4, -0.2) is 18.1 Å². The largest absolute Gasteiger partial charge is 0.409 e. The number of rotatable bonds is 9. The van der Waals surface area contributed by atoms with Crippen molar-refractivity contribution in [1.29, 1.82) is 0 Å². The number of nitrogens with zero attached hydrogens (tertiary/aromatic N) is 1. The smallest absolute Gasteiger partial charge is 0.326 e. The van der Waals surface area contributed by atoms with Crippen molar-refractivity contribution in [2.45, 2.75) is 69.8 Å². The number of carbonyl (C=O) groups is 1. The Morgan fingerprint density at radius 3 is 2.65 bits per heavy atom. The van der Waals surface area contributed by atoms with Gasteiger partial charge < -0.3 is 16.8 Å². The van der Waals surface area contributed by atoms with Crippen molar-refractivity contribution in [3.05, 3.63) is 107 Å². The van der Waals surface area contributed by atoms with Crippen LogP contribution in [0, 0.1) is 11.7 Å². The van der Waals surface area contributed by atoms with Gasteiger partial charge in [-0.1, -0.05) is 60.9 Å². The van der Waals surface area contributed by atoms with Crippen LogP contribution in [0.3, 0.4) is 0 Å². The van der Waals surface area contributed by atoms with Crippen LogP contribution in [0.1, 0.15) is 56.6 Å². The average Bonchev–Trinajstić information content (AvgIpc) is 3.68. The molecule has 43 heavy (non-hydrogen) atoms. The first-order valence-corrected chi connectivity index (χ1v) is 14.6. The third-order valence-electron chi connectivity index (χ3n) is 8.19. The Labute approximate surface area is 249 Å². The second-order valence-corrected chi connectivity index (χ2v) is 11.5. The lowest BCUT2D eigenvalue weighted by molar-refractivity contribution is -0.142. The highest BCUT2D eigenvalue weighted by atomic mass is 19.4. The quantitative estimate of drug-likeness (QED) is 0.244. The number of nitrogens with one attached hydrogen (secondary N) is 2. The van der Waals surface area contributed by atoms with E-state index in [0.29, 0.717) is 23.5 Å². The van der Waals surface area contributed by atoms with Crippen molar-refractivity contribution in [3.8, 4) is 0 Å². The number of halogens is 4. The van der Waals surface area contributed by atoms with Crippen LogP contribution < -0.4 is 27.2 Å². The molecule has 228 valence electrons. The monoisotopic (exact) mass is 595 g/mol. The molecule has 0 radical (unpaired) electrons. The van der Waals surface area contributed by atoms with Crippen LogP contribution >= 0.6 is 0 Å². The first-order valence-electron chi connectivity index (χ1n) is 14.6. The molecule has 1 heterocycles. The molecule has 0 spiro atoms. The van der Waals surface area contributed by atoms with E-state index in [-0.39, 0.29) is 23.6 Å². The summed E-state index contributed by atoms with van der Waals surface area (Å²) in [5, 5.41) is 3.57. The van der Waals surface area contributed by atoms with Crippen molar-refractivity contribution in [2.75, 3.05) is 10.3 Å². The van der Waals surface area contributed by atoms with Crippen LogP contribution in [0.2, 0.25) is 0 Å². The normalized spacial score (nSPS) is 23.7. The third kappa shape index (κ3) is 7.09. The minimum atomic E-state index is -4.66. The first-order chi connectivity index (χ1) is 20.5. The van der Waals surface area contributed by atoms with E-state index in [4.69, 9.17) is 11.5 Å². The fourth-order valence-corrected chi connectivity index (χ4v) is 5.49. The van der Waals surface area contributed by atoms with Gasteiger partial charge in [0.1, 0.15) is 17.6 Å². The van der Waals surface area contributed by atoms with Gasteiger partial charge in [-0.25, -0.2) is 9.82 Å². The SMILES string of the molecule is CC1=C/CC/C=C/C(C(N)(CCC2CC2)c2ccc(F)c(NC(=O)C3=CC(C(F)(F)F)NN3c3cccc(CN)c3)c2)=C\1. The zero-order chi connectivity index (χ0) is 30.8. The number of hydrazine groups is 1. The van der Waals surface area contributed by atoms with Crippen molar-refractivity contribution < 1.29 is 22.4 Å². The van der Waals surface area contributed by atoms with E-state index in [9.17, 15) is 18.0 Å². The van der Waals surface area contributed by atoms with Gasteiger partial charge in [0.15, 0.2) is 0 Å². The maximum atomic E-state index is 15.2. The highest BCUT2D eigenvalue weighted by molar-refractivity contribution is 6.06. The molecule has 1 aliphatic heterocycles. The summed E-state index contributed by atoms with van der Waals surface area (Å²) in [6.07, 6.45) is 10.0. The zero-order valence-electron chi connectivity index (χ0n) is 24.1. The molecule has 1 saturated carbocycles. The lowest BCUT2D eigenvalue weighted by atomic mass is 9.77. The first kappa shape index (κ1) is 30.7. The summed E-state index contributed by atoms with van der Waals surface area (Å²) in [7, 11) is 0. The molecule has 0 bridgehead atoms. The number of anilines is 2. The molecule has 2 aromatic carbocycles. The number of hydrogen-bond donors (Lipinski definition) is 4. The predicted octanol–water partition coefficient (Wildman–Crippen LogP) is 6.63. The molecule has 5 rings (SSSR count). The number of hydrogen-bond acceptors (Lipinski definition) is 5. The Morgan fingerprint density at radius 1 is 1.14 bits per heavy atom. The molecule has 2 aliphatic carbocycles. The maximum absolute atomic E-state index is 15.2. The minimum Gasteiger partial charge on any atom is -0.326 e. The van der Waals surface area contributed by atoms with Crippen LogP contribution in [0.15, 0.2) is 89.7 Å². The van der Waals surface area contributed by atoms with Crippen LogP contribution in [-0.2, 0) is 16.9 Å². The van der Waals surface area contributed by atoms with E-state index in [1.54, 1.807) is 30.3 Å². The van der Waals surface area contributed by atoms with Gasteiger partial charge in [-0.3, -0.25) is 9.80 Å². The summed E-state index contributed by atoms with van der Waals surface area (Å²) in [5.41, 5.74) is 17.3. The van der Waals surface area contributed by atoms with Gasteiger partial charge in [0, 0.05) is 6.54 Å². The average molecular weight is 596 g/mol. The molecule has 2 unspecified atom stereocenters. The molecule has 3 aliphatic rings. The Balaban J connectivity index is 1.49. The van der Waals surface area contributed by atoms with Crippen molar-refractivity contribution in [1.82, 2.24) is 5.43 Å². The second kappa shape index (κ2) is 12.5. The summed E-state index contributed by atoms with van der Waals surface area (Å²) in [5.74, 6) is -1.03. The van der Waals surface area contributed by atoms with Gasteiger partial charge in [0.05, 0.1) is 16.9 Å². The number of allylic oxidation sites excluding steroid dienone is 4. The Kier molecular flexibility index (Phi) is 8.91. The van der Waals surface area contributed by atoms with Crippen molar-refractivity contribution in [3.63, 3.8) is 0 Å². The van der Waals surface area contributed by atoms with Gasteiger partial charge in [-0.15, -0.1) is 0 Å². The topological polar surface area (TPSA) is 96.4 Å². The molecule has 10 heteroatoms. The van der Waals surface area contributed by atoms with Gasteiger partial charge in [0.25, 0.3) is 5.91 Å². The summed E-state index contributed by atoms with van der Waals surface area (Å²) in [6.45, 7) is 2.18. The van der Waals surface area contributed by atoms with Gasteiger partial charge in [-0.05, 0) is 85.6 Å². The standard InChI is InChI=1S/C33H37F4N5O/c1-21-6-3-2-4-8-24(16-21)32(39,15-14-22-10-11-22)25-12-13-27(34)28(18-25)40-31(43)29-19-30(33(35,36)37)41-42(29)26-9-5-7-23(17-26)20-38/h4-9,12-13,16-19,22,30,41H,2-3,10-11,14-15,20,38-39H2,1H3,(H,40,43)/b8-4+,21-6-,24-16+. The van der Waals surface area contributed by atoms with Gasteiger partial charge >= 0.3 is 6.18 Å². The summed E-state index contributed by atoms with van der Waals surface area (Å²) >= 11 is 0. The van der Waals surface area contributed by atoms with E-state index >= 15 is 4.39 Å². The van der Waals surface area contributed by atoms with Gasteiger partial charge in [-0.2, -0.15) is 13.2 Å². The molecular weight excluding hydrogens is 558 g/mol. The maximum Gasteiger partial charge on any atom is 0.409 e. The highest BCUT2D eigenvalue weighted by Crippen LogP contribution is 2.42. The fourth-order valence-electron chi connectivity index (χ4n) is 5.49. The summed E-state index contributed by atoms with van der Waals surface area (Å²) < 4.78 is 56.4. The lowest BCUT2D eigenvalue weighted by Gasteiger charge is -2.33. The van der Waals surface area contributed by atoms with E-state index in [1.807, 2.05) is 19.1 Å². The van der Waals surface area contributed by atoms with E-state index in [1.165, 1.54) is 12.1 Å². The number of amides is 1. The molecule has 1 fully saturated rings. The fraction of sp³-hybridized carbons (Fsp3) is 0.364. The Bertz CT molecular complexity index is 1490. The van der Waals surface area contributed by atoms with E-state index < -0.39 is 29.5 Å². The molecule has 1 amide bonds. The zero-order valence-corrected chi connectivity index (χ0v) is 24.1. The molecule has 6 nitrogen and oxygen atoms in total. The molecule has 2 atom stereocenters. The van der Waals surface area contributed by atoms with Crippen LogP contribution in [0.25, 0.3) is 0 Å². The van der Waals surface area contributed by atoms with Crippen LogP contribution in [0.4, 0.5) is 28.9 Å². The molecule has 2 aromatic rings. The summed E-state index contributed by atoms with van der Waals surface area (Å²) in [4.78, 5) is 13.5. The second-order valence-electron chi connectivity index (χ2n) is 11.5. The minimum absolute atomic E-state index is 0.163. The summed E-state index contributed by atoms with van der Waals surface area (Å²) in [6, 6.07) is 8.75. The lowest BCUT2D eigenvalue weighted by Crippen LogP contribution is -2.45. The number of nitrogens with two attached hydrogens (primary N) is 2. The number of alkyl halides is 3. The van der Waals surface area contributed by atoms with Gasteiger partial charge in [0.2, 0.25) is 0 Å². The number of benzene rings is 2. The predicted molar refractivity (Wildman–Crippen MR) is 161 cm³/mol.